The lowest BCUT2D eigenvalue weighted by atomic mass is 9.82. The minimum atomic E-state index is 0.0897. The monoisotopic (exact) mass is 256 g/mol. The number of carbonyl (C=O) groups is 1. The fraction of sp³-hybridized carbons (Fsp3) is 0.929. The van der Waals surface area contributed by atoms with Crippen molar-refractivity contribution in [3.63, 3.8) is 0 Å². The van der Waals surface area contributed by atoms with E-state index in [9.17, 15) is 4.79 Å². The standard InChI is InChI=1S/C14H28N2O2/c1-11(2)12(3)16-13(17)9-15-10-14(4)5-7-18-8-6-14/h11-12,15H,5-10H2,1-4H3,(H,16,17). The highest BCUT2D eigenvalue weighted by Gasteiger charge is 2.26. The number of carbonyl (C=O) groups excluding carboxylic acids is 1. The second-order valence-corrected chi connectivity index (χ2v) is 6.13. The lowest BCUT2D eigenvalue weighted by Gasteiger charge is -2.33. The van der Waals surface area contributed by atoms with Crippen LogP contribution >= 0.6 is 0 Å². The molecule has 0 aliphatic carbocycles. The summed E-state index contributed by atoms with van der Waals surface area (Å²) >= 11 is 0. The van der Waals surface area contributed by atoms with Crippen LogP contribution in [0.15, 0.2) is 0 Å². The topological polar surface area (TPSA) is 50.4 Å². The summed E-state index contributed by atoms with van der Waals surface area (Å²) in [6.07, 6.45) is 2.15. The quantitative estimate of drug-likeness (QED) is 0.758. The molecule has 1 heterocycles. The summed E-state index contributed by atoms with van der Waals surface area (Å²) in [7, 11) is 0. The molecule has 1 rings (SSSR count). The third-order valence-corrected chi connectivity index (χ3v) is 3.93. The summed E-state index contributed by atoms with van der Waals surface area (Å²) in [5.41, 5.74) is 0.280. The van der Waals surface area contributed by atoms with E-state index in [0.29, 0.717) is 12.5 Å². The summed E-state index contributed by atoms with van der Waals surface area (Å²) in [5, 5.41) is 6.28. The molecule has 18 heavy (non-hydrogen) atoms. The molecule has 1 atom stereocenters. The van der Waals surface area contributed by atoms with Gasteiger partial charge < -0.3 is 15.4 Å². The van der Waals surface area contributed by atoms with Gasteiger partial charge in [0.05, 0.1) is 6.54 Å². The lowest BCUT2D eigenvalue weighted by Crippen LogP contribution is -2.44. The summed E-state index contributed by atoms with van der Waals surface area (Å²) in [5.74, 6) is 0.564. The molecule has 0 aromatic heterocycles. The number of hydrogen-bond acceptors (Lipinski definition) is 3. The Labute approximate surface area is 111 Å². The van der Waals surface area contributed by atoms with Crippen LogP contribution in [0.2, 0.25) is 0 Å². The predicted molar refractivity (Wildman–Crippen MR) is 73.5 cm³/mol. The zero-order chi connectivity index (χ0) is 13.6. The van der Waals surface area contributed by atoms with E-state index < -0.39 is 0 Å². The third kappa shape index (κ3) is 5.36. The van der Waals surface area contributed by atoms with Gasteiger partial charge >= 0.3 is 0 Å². The summed E-state index contributed by atoms with van der Waals surface area (Å²) in [6.45, 7) is 11.5. The van der Waals surface area contributed by atoms with Gasteiger partial charge in [0.15, 0.2) is 0 Å². The van der Waals surface area contributed by atoms with Gasteiger partial charge in [0.1, 0.15) is 0 Å². The van der Waals surface area contributed by atoms with Crippen LogP contribution in [0.5, 0.6) is 0 Å². The first-order chi connectivity index (χ1) is 8.43. The van der Waals surface area contributed by atoms with Gasteiger partial charge in [0, 0.05) is 25.8 Å². The van der Waals surface area contributed by atoms with Crippen LogP contribution in [0, 0.1) is 11.3 Å². The van der Waals surface area contributed by atoms with Crippen LogP contribution in [-0.4, -0.2) is 38.3 Å². The van der Waals surface area contributed by atoms with Gasteiger partial charge in [-0.2, -0.15) is 0 Å². The normalized spacial score (nSPS) is 20.7. The Kier molecular flexibility index (Phi) is 6.09. The van der Waals surface area contributed by atoms with Crippen LogP contribution in [0.4, 0.5) is 0 Å². The van der Waals surface area contributed by atoms with Gasteiger partial charge in [-0.25, -0.2) is 0 Å². The van der Waals surface area contributed by atoms with Crippen molar-refractivity contribution in [2.24, 2.45) is 11.3 Å². The van der Waals surface area contributed by atoms with Crippen molar-refractivity contribution in [2.45, 2.75) is 46.6 Å². The fourth-order valence-corrected chi connectivity index (χ4v) is 1.99. The van der Waals surface area contributed by atoms with Gasteiger partial charge in [-0.15, -0.1) is 0 Å². The first kappa shape index (κ1) is 15.4. The van der Waals surface area contributed by atoms with Crippen molar-refractivity contribution in [1.29, 1.82) is 0 Å². The van der Waals surface area contributed by atoms with Crippen molar-refractivity contribution >= 4 is 5.91 Å². The molecule has 0 bridgehead atoms. The summed E-state index contributed by atoms with van der Waals surface area (Å²) < 4.78 is 5.36. The van der Waals surface area contributed by atoms with Crippen LogP contribution in [0.1, 0.15) is 40.5 Å². The molecule has 1 saturated heterocycles. The fourth-order valence-electron chi connectivity index (χ4n) is 1.99. The van der Waals surface area contributed by atoms with Gasteiger partial charge in [-0.1, -0.05) is 20.8 Å². The molecule has 1 unspecified atom stereocenters. The maximum Gasteiger partial charge on any atom is 0.234 e. The SMILES string of the molecule is CC(C)C(C)NC(=O)CNCC1(C)CCOCC1. The van der Waals surface area contributed by atoms with E-state index >= 15 is 0 Å². The van der Waals surface area contributed by atoms with Crippen LogP contribution in [0.3, 0.4) is 0 Å². The van der Waals surface area contributed by atoms with Crippen molar-refractivity contribution in [2.75, 3.05) is 26.3 Å². The Bertz CT molecular complexity index is 261. The minimum Gasteiger partial charge on any atom is -0.381 e. The maximum absolute atomic E-state index is 11.7. The van der Waals surface area contributed by atoms with Gasteiger partial charge in [0.2, 0.25) is 5.91 Å². The number of hydrogen-bond donors (Lipinski definition) is 2. The average Bonchev–Trinajstić information content (AvgIpc) is 2.29. The molecule has 0 saturated carbocycles. The number of nitrogens with one attached hydrogen (secondary N) is 2. The molecule has 1 fully saturated rings. The molecule has 0 aromatic carbocycles. The smallest absolute Gasteiger partial charge is 0.234 e. The number of amides is 1. The molecule has 106 valence electrons. The molecular weight excluding hydrogens is 228 g/mol. The molecular formula is C14H28N2O2. The second-order valence-electron chi connectivity index (χ2n) is 6.13. The summed E-state index contributed by atoms with van der Waals surface area (Å²) in [6, 6.07) is 0.234. The van der Waals surface area contributed by atoms with Crippen LogP contribution in [-0.2, 0) is 9.53 Å². The molecule has 4 heteroatoms. The molecule has 0 radical (unpaired) electrons. The maximum atomic E-state index is 11.7. The molecule has 1 aliphatic rings. The Balaban J connectivity index is 2.18. The van der Waals surface area contributed by atoms with E-state index in [-0.39, 0.29) is 17.4 Å². The molecule has 4 nitrogen and oxygen atoms in total. The first-order valence-corrected chi connectivity index (χ1v) is 7.01. The van der Waals surface area contributed by atoms with Crippen molar-refractivity contribution in [3.8, 4) is 0 Å². The highest BCUT2D eigenvalue weighted by molar-refractivity contribution is 5.78. The highest BCUT2D eigenvalue weighted by Crippen LogP contribution is 2.28. The van der Waals surface area contributed by atoms with Crippen LogP contribution in [0.25, 0.3) is 0 Å². The summed E-state index contributed by atoms with van der Waals surface area (Å²) in [4.78, 5) is 11.7. The molecule has 2 N–H and O–H groups in total. The van der Waals surface area contributed by atoms with E-state index in [2.05, 4.69) is 31.4 Å². The largest absolute Gasteiger partial charge is 0.381 e. The van der Waals surface area contributed by atoms with Gasteiger partial charge in [0.25, 0.3) is 0 Å². The van der Waals surface area contributed by atoms with Crippen molar-refractivity contribution < 1.29 is 9.53 Å². The Morgan fingerprint density at radius 1 is 1.28 bits per heavy atom. The average molecular weight is 256 g/mol. The van der Waals surface area contributed by atoms with Gasteiger partial charge in [-0.05, 0) is 31.1 Å². The van der Waals surface area contributed by atoms with Crippen LogP contribution < -0.4 is 10.6 Å². The number of rotatable bonds is 6. The third-order valence-electron chi connectivity index (χ3n) is 3.93. The van der Waals surface area contributed by atoms with Crippen molar-refractivity contribution in [3.05, 3.63) is 0 Å². The predicted octanol–water partition coefficient (Wildman–Crippen LogP) is 1.55. The Morgan fingerprint density at radius 2 is 1.89 bits per heavy atom. The van der Waals surface area contributed by atoms with Gasteiger partial charge in [-0.3, -0.25) is 4.79 Å². The zero-order valence-electron chi connectivity index (χ0n) is 12.2. The Hall–Kier alpha value is -0.610. The van der Waals surface area contributed by atoms with E-state index in [1.807, 2.05) is 6.92 Å². The zero-order valence-corrected chi connectivity index (χ0v) is 12.2. The molecule has 0 spiro atoms. The second kappa shape index (κ2) is 7.10. The molecule has 0 aromatic rings. The minimum absolute atomic E-state index is 0.0897. The molecule has 1 amide bonds. The van der Waals surface area contributed by atoms with E-state index in [4.69, 9.17) is 4.74 Å². The first-order valence-electron chi connectivity index (χ1n) is 7.01. The van der Waals surface area contributed by atoms with E-state index in [1.165, 1.54) is 0 Å². The molecule has 1 aliphatic heterocycles. The lowest BCUT2D eigenvalue weighted by molar-refractivity contribution is -0.121. The highest BCUT2D eigenvalue weighted by atomic mass is 16.5. The Morgan fingerprint density at radius 3 is 2.44 bits per heavy atom. The number of ether oxygens (including phenoxy) is 1. The van der Waals surface area contributed by atoms with E-state index in [0.717, 1.165) is 32.6 Å². The van der Waals surface area contributed by atoms with Crippen molar-refractivity contribution in [1.82, 2.24) is 10.6 Å². The van der Waals surface area contributed by atoms with E-state index in [1.54, 1.807) is 0 Å².